The Balaban J connectivity index is 1.75. The smallest absolute Gasteiger partial charge is 0.307 e. The molecule has 1 amide bonds. The predicted octanol–water partition coefficient (Wildman–Crippen LogP) is 2.61. The van der Waals surface area contributed by atoms with E-state index in [0.29, 0.717) is 19.3 Å². The molecule has 2 aliphatic carbocycles. The van der Waals surface area contributed by atoms with E-state index in [1.165, 1.54) is 18.2 Å². The lowest BCUT2D eigenvalue weighted by molar-refractivity contribution is -0.140. The largest absolute Gasteiger partial charge is 0.481 e. The maximum atomic E-state index is 14.2. The Bertz CT molecular complexity index is 620. The Morgan fingerprint density at radius 3 is 2.30 bits per heavy atom. The number of carboxylic acids is 1. The molecule has 0 heterocycles. The van der Waals surface area contributed by atoms with Gasteiger partial charge in [-0.25, -0.2) is 8.78 Å². The fourth-order valence-electron chi connectivity index (χ4n) is 3.72. The normalized spacial score (nSPS) is 25.1. The molecule has 6 heteroatoms. The molecule has 0 bridgehead atoms. The van der Waals surface area contributed by atoms with Crippen LogP contribution in [-0.4, -0.2) is 23.5 Å². The van der Waals surface area contributed by atoms with Gasteiger partial charge in [0.2, 0.25) is 5.91 Å². The van der Waals surface area contributed by atoms with Gasteiger partial charge in [0.15, 0.2) is 0 Å². The SMILES string of the molecule is O=C(O)C1CC1C(=O)NCC1(c2c(F)cccc2F)CCCC1. The molecule has 23 heavy (non-hydrogen) atoms. The molecule has 0 aromatic heterocycles. The predicted molar refractivity (Wildman–Crippen MR) is 78.7 cm³/mol. The minimum Gasteiger partial charge on any atom is -0.481 e. The van der Waals surface area contributed by atoms with Crippen LogP contribution in [0, 0.1) is 23.5 Å². The minimum atomic E-state index is -0.971. The quantitative estimate of drug-likeness (QED) is 0.875. The van der Waals surface area contributed by atoms with Crippen LogP contribution in [0.3, 0.4) is 0 Å². The first-order valence-electron chi connectivity index (χ1n) is 7.90. The lowest BCUT2D eigenvalue weighted by Gasteiger charge is -2.30. The highest BCUT2D eigenvalue weighted by Gasteiger charge is 2.49. The van der Waals surface area contributed by atoms with E-state index in [9.17, 15) is 18.4 Å². The van der Waals surface area contributed by atoms with E-state index in [1.807, 2.05) is 0 Å². The van der Waals surface area contributed by atoms with Gasteiger partial charge in [-0.2, -0.15) is 0 Å². The molecule has 1 aromatic rings. The van der Waals surface area contributed by atoms with Gasteiger partial charge < -0.3 is 10.4 Å². The van der Waals surface area contributed by atoms with Gasteiger partial charge in [-0.05, 0) is 31.4 Å². The first-order valence-corrected chi connectivity index (χ1v) is 7.90. The maximum absolute atomic E-state index is 14.2. The molecule has 2 saturated carbocycles. The summed E-state index contributed by atoms with van der Waals surface area (Å²) in [6, 6.07) is 3.81. The molecule has 0 spiro atoms. The fraction of sp³-hybridized carbons (Fsp3) is 0.529. The number of rotatable bonds is 5. The van der Waals surface area contributed by atoms with Crippen LogP contribution in [-0.2, 0) is 15.0 Å². The maximum Gasteiger partial charge on any atom is 0.307 e. The monoisotopic (exact) mass is 323 g/mol. The van der Waals surface area contributed by atoms with Crippen LogP contribution in [0.4, 0.5) is 8.78 Å². The average Bonchev–Trinajstić information content (AvgIpc) is 3.18. The van der Waals surface area contributed by atoms with Gasteiger partial charge in [0.05, 0.1) is 11.8 Å². The summed E-state index contributed by atoms with van der Waals surface area (Å²) in [4.78, 5) is 22.9. The topological polar surface area (TPSA) is 66.4 Å². The number of amides is 1. The molecular formula is C17H19F2NO3. The van der Waals surface area contributed by atoms with Crippen molar-refractivity contribution in [1.82, 2.24) is 5.32 Å². The number of carbonyl (C=O) groups excluding carboxylic acids is 1. The van der Waals surface area contributed by atoms with Crippen molar-refractivity contribution in [3.05, 3.63) is 35.4 Å². The van der Waals surface area contributed by atoms with Crippen molar-refractivity contribution in [2.24, 2.45) is 11.8 Å². The summed E-state index contributed by atoms with van der Waals surface area (Å²) in [5.41, 5.74) is -0.693. The molecule has 1 aromatic carbocycles. The second-order valence-corrected chi connectivity index (χ2v) is 6.59. The van der Waals surface area contributed by atoms with Gasteiger partial charge in [0.25, 0.3) is 0 Å². The number of nitrogens with one attached hydrogen (secondary N) is 1. The van der Waals surface area contributed by atoms with E-state index < -0.39 is 34.9 Å². The first-order chi connectivity index (χ1) is 10.9. The molecule has 0 saturated heterocycles. The number of halogens is 2. The summed E-state index contributed by atoms with van der Waals surface area (Å²) in [5, 5.41) is 11.6. The number of hydrogen-bond donors (Lipinski definition) is 2. The Morgan fingerprint density at radius 2 is 1.78 bits per heavy atom. The third kappa shape index (κ3) is 2.94. The van der Waals surface area contributed by atoms with E-state index in [0.717, 1.165) is 12.8 Å². The Labute approximate surface area is 132 Å². The van der Waals surface area contributed by atoms with Crippen LogP contribution < -0.4 is 5.32 Å². The molecule has 2 fully saturated rings. The zero-order chi connectivity index (χ0) is 16.6. The number of hydrogen-bond acceptors (Lipinski definition) is 2. The van der Waals surface area contributed by atoms with Crippen molar-refractivity contribution in [1.29, 1.82) is 0 Å². The summed E-state index contributed by atoms with van der Waals surface area (Å²) in [6.45, 7) is 0.145. The van der Waals surface area contributed by atoms with Gasteiger partial charge in [-0.15, -0.1) is 0 Å². The fourth-order valence-corrected chi connectivity index (χ4v) is 3.72. The van der Waals surface area contributed by atoms with E-state index >= 15 is 0 Å². The average molecular weight is 323 g/mol. The lowest BCUT2D eigenvalue weighted by atomic mass is 9.78. The second-order valence-electron chi connectivity index (χ2n) is 6.59. The van der Waals surface area contributed by atoms with Crippen LogP contribution >= 0.6 is 0 Å². The molecule has 3 rings (SSSR count). The van der Waals surface area contributed by atoms with Crippen molar-refractivity contribution in [2.45, 2.75) is 37.5 Å². The van der Waals surface area contributed by atoms with Crippen LogP contribution in [0.2, 0.25) is 0 Å². The van der Waals surface area contributed by atoms with E-state index in [4.69, 9.17) is 5.11 Å². The van der Waals surface area contributed by atoms with Gasteiger partial charge in [-0.3, -0.25) is 9.59 Å². The molecule has 124 valence electrons. The summed E-state index contributed by atoms with van der Waals surface area (Å²) in [6.07, 6.45) is 3.26. The number of aliphatic carboxylic acids is 1. The Hall–Kier alpha value is -1.98. The van der Waals surface area contributed by atoms with Crippen LogP contribution in [0.15, 0.2) is 18.2 Å². The number of benzene rings is 1. The van der Waals surface area contributed by atoms with Gasteiger partial charge in [0, 0.05) is 17.5 Å². The zero-order valence-corrected chi connectivity index (χ0v) is 12.6. The molecule has 0 radical (unpaired) electrons. The van der Waals surface area contributed by atoms with Gasteiger partial charge >= 0.3 is 5.97 Å². The summed E-state index contributed by atoms with van der Waals surface area (Å²) >= 11 is 0. The lowest BCUT2D eigenvalue weighted by Crippen LogP contribution is -2.41. The standard InChI is InChI=1S/C17H19F2NO3/c18-12-4-3-5-13(19)14(12)17(6-1-2-7-17)9-20-15(21)10-8-11(10)16(22)23/h3-5,10-11H,1-2,6-9H2,(H,20,21)(H,22,23). The van der Waals surface area contributed by atoms with Crippen molar-refractivity contribution >= 4 is 11.9 Å². The summed E-state index contributed by atoms with van der Waals surface area (Å²) in [7, 11) is 0. The van der Waals surface area contributed by atoms with Crippen molar-refractivity contribution in [2.75, 3.05) is 6.54 Å². The Kier molecular flexibility index (Phi) is 4.08. The summed E-state index contributed by atoms with van der Waals surface area (Å²) in [5.74, 6) is -3.62. The minimum absolute atomic E-state index is 0.0448. The van der Waals surface area contributed by atoms with Crippen molar-refractivity contribution in [3.8, 4) is 0 Å². The molecule has 2 N–H and O–H groups in total. The number of carboxylic acid groups (broad SMARTS) is 1. The molecule has 2 aliphatic rings. The third-order valence-electron chi connectivity index (χ3n) is 5.10. The molecule has 2 atom stereocenters. The van der Waals surface area contributed by atoms with Gasteiger partial charge in [0.1, 0.15) is 11.6 Å². The van der Waals surface area contributed by atoms with Crippen molar-refractivity contribution < 1.29 is 23.5 Å². The Morgan fingerprint density at radius 1 is 1.17 bits per heavy atom. The van der Waals surface area contributed by atoms with Crippen molar-refractivity contribution in [3.63, 3.8) is 0 Å². The first kappa shape index (κ1) is 15.9. The van der Waals surface area contributed by atoms with Crippen LogP contribution in [0.1, 0.15) is 37.7 Å². The number of carbonyl (C=O) groups is 2. The van der Waals surface area contributed by atoms with E-state index in [2.05, 4.69) is 5.32 Å². The highest BCUT2D eigenvalue weighted by atomic mass is 19.1. The third-order valence-corrected chi connectivity index (χ3v) is 5.10. The van der Waals surface area contributed by atoms with Crippen LogP contribution in [0.25, 0.3) is 0 Å². The zero-order valence-electron chi connectivity index (χ0n) is 12.6. The van der Waals surface area contributed by atoms with Gasteiger partial charge in [-0.1, -0.05) is 18.9 Å². The second kappa shape index (κ2) is 5.91. The summed E-state index contributed by atoms with van der Waals surface area (Å²) < 4.78 is 28.4. The molecule has 4 nitrogen and oxygen atoms in total. The highest BCUT2D eigenvalue weighted by molar-refractivity contribution is 5.89. The van der Waals surface area contributed by atoms with E-state index in [1.54, 1.807) is 0 Å². The molecule has 0 aliphatic heterocycles. The van der Waals surface area contributed by atoms with Crippen LogP contribution in [0.5, 0.6) is 0 Å². The highest BCUT2D eigenvalue weighted by Crippen LogP contribution is 2.43. The van der Waals surface area contributed by atoms with E-state index in [-0.39, 0.29) is 18.0 Å². The molecular weight excluding hydrogens is 304 g/mol. The molecule has 2 unspecified atom stereocenters.